The lowest BCUT2D eigenvalue weighted by molar-refractivity contribution is -0.136. The molecule has 0 radical (unpaired) electrons. The van der Waals surface area contributed by atoms with Gasteiger partial charge in [0.05, 0.1) is 5.75 Å². The number of rotatable bonds is 4. The monoisotopic (exact) mass is 335 g/mol. The van der Waals surface area contributed by atoms with Gasteiger partial charge in [0.1, 0.15) is 0 Å². The van der Waals surface area contributed by atoms with Gasteiger partial charge in [0, 0.05) is 18.8 Å². The standard InChI is InChI=1S/C15H17N3O4S/c1-9-3-4-11(7-10(9)2)17-14(21)13(20)16-5-6-18-12(19)8-23-15(18)22/h3-4,7H,5-6,8H2,1-2H3,(H,16,20)(H,17,21). The second-order valence-electron chi connectivity index (χ2n) is 5.11. The first-order valence-corrected chi connectivity index (χ1v) is 8.00. The fourth-order valence-electron chi connectivity index (χ4n) is 1.97. The van der Waals surface area contributed by atoms with Gasteiger partial charge >= 0.3 is 11.8 Å². The molecular formula is C15H17N3O4S. The molecule has 2 N–H and O–H groups in total. The minimum Gasteiger partial charge on any atom is -0.346 e. The fraction of sp³-hybridized carbons (Fsp3) is 0.333. The Kier molecular flexibility index (Phi) is 5.38. The van der Waals surface area contributed by atoms with Crippen LogP contribution in [0.25, 0.3) is 0 Å². The second-order valence-corrected chi connectivity index (χ2v) is 6.04. The van der Waals surface area contributed by atoms with E-state index in [1.807, 2.05) is 19.9 Å². The zero-order chi connectivity index (χ0) is 17.0. The third kappa shape index (κ3) is 4.32. The number of hydrogen-bond donors (Lipinski definition) is 2. The van der Waals surface area contributed by atoms with Crippen LogP contribution in [-0.4, -0.2) is 46.7 Å². The third-order valence-electron chi connectivity index (χ3n) is 3.43. The molecule has 122 valence electrons. The van der Waals surface area contributed by atoms with E-state index < -0.39 is 11.8 Å². The Balaban J connectivity index is 1.81. The van der Waals surface area contributed by atoms with Crippen molar-refractivity contribution in [3.63, 3.8) is 0 Å². The van der Waals surface area contributed by atoms with Gasteiger partial charge in [0.15, 0.2) is 0 Å². The summed E-state index contributed by atoms with van der Waals surface area (Å²) in [5.41, 5.74) is 2.63. The third-order valence-corrected chi connectivity index (χ3v) is 4.29. The summed E-state index contributed by atoms with van der Waals surface area (Å²) in [5, 5.41) is 4.56. The first-order valence-electron chi connectivity index (χ1n) is 7.02. The summed E-state index contributed by atoms with van der Waals surface area (Å²) < 4.78 is 0. The number of benzene rings is 1. The van der Waals surface area contributed by atoms with Crippen molar-refractivity contribution in [3.05, 3.63) is 29.3 Å². The summed E-state index contributed by atoms with van der Waals surface area (Å²) in [6.45, 7) is 3.96. The highest BCUT2D eigenvalue weighted by molar-refractivity contribution is 8.14. The molecule has 2 rings (SSSR count). The Hall–Kier alpha value is -2.35. The van der Waals surface area contributed by atoms with E-state index in [1.54, 1.807) is 12.1 Å². The van der Waals surface area contributed by atoms with Crippen LogP contribution in [0.5, 0.6) is 0 Å². The Morgan fingerprint density at radius 3 is 2.52 bits per heavy atom. The molecule has 1 heterocycles. The number of nitrogens with one attached hydrogen (secondary N) is 2. The van der Waals surface area contributed by atoms with E-state index >= 15 is 0 Å². The van der Waals surface area contributed by atoms with Gasteiger partial charge in [-0.15, -0.1) is 0 Å². The Labute approximate surface area is 137 Å². The van der Waals surface area contributed by atoms with E-state index in [9.17, 15) is 19.2 Å². The van der Waals surface area contributed by atoms with Crippen LogP contribution < -0.4 is 10.6 Å². The molecule has 0 unspecified atom stereocenters. The van der Waals surface area contributed by atoms with Crippen molar-refractivity contribution in [2.24, 2.45) is 0 Å². The Morgan fingerprint density at radius 2 is 1.91 bits per heavy atom. The van der Waals surface area contributed by atoms with Crippen LogP contribution in [0.2, 0.25) is 0 Å². The van der Waals surface area contributed by atoms with E-state index in [0.29, 0.717) is 5.69 Å². The lowest BCUT2D eigenvalue weighted by Crippen LogP contribution is -2.41. The van der Waals surface area contributed by atoms with Gasteiger partial charge in [-0.3, -0.25) is 24.1 Å². The van der Waals surface area contributed by atoms with Gasteiger partial charge in [-0.25, -0.2) is 0 Å². The van der Waals surface area contributed by atoms with Crippen LogP contribution >= 0.6 is 11.8 Å². The summed E-state index contributed by atoms with van der Waals surface area (Å²) in [4.78, 5) is 47.3. The molecule has 0 bridgehead atoms. The van der Waals surface area contributed by atoms with Crippen LogP contribution in [0.1, 0.15) is 11.1 Å². The minimum atomic E-state index is -0.810. The fourth-order valence-corrected chi connectivity index (χ4v) is 2.72. The maximum absolute atomic E-state index is 11.8. The van der Waals surface area contributed by atoms with E-state index in [1.165, 1.54) is 0 Å². The average Bonchev–Trinajstić information content (AvgIpc) is 2.82. The molecule has 23 heavy (non-hydrogen) atoms. The normalized spacial score (nSPS) is 14.1. The molecule has 7 nitrogen and oxygen atoms in total. The number of carbonyl (C=O) groups is 4. The zero-order valence-corrected chi connectivity index (χ0v) is 13.7. The summed E-state index contributed by atoms with van der Waals surface area (Å²) >= 11 is 0.928. The van der Waals surface area contributed by atoms with Gasteiger partial charge in [-0.1, -0.05) is 17.8 Å². The predicted octanol–water partition coefficient (Wildman–Crippen LogP) is 1.05. The summed E-state index contributed by atoms with van der Waals surface area (Å²) in [6.07, 6.45) is 0. The number of thioether (sulfide) groups is 1. The minimum absolute atomic E-state index is 0.0389. The van der Waals surface area contributed by atoms with Crippen molar-refractivity contribution in [1.82, 2.24) is 10.2 Å². The van der Waals surface area contributed by atoms with E-state index in [0.717, 1.165) is 27.8 Å². The van der Waals surface area contributed by atoms with Crippen LogP contribution in [0, 0.1) is 13.8 Å². The summed E-state index contributed by atoms with van der Waals surface area (Å²) in [7, 11) is 0. The van der Waals surface area contributed by atoms with Gasteiger partial charge in [0.2, 0.25) is 5.91 Å². The Morgan fingerprint density at radius 1 is 1.17 bits per heavy atom. The molecule has 4 amide bonds. The number of anilines is 1. The molecule has 0 saturated carbocycles. The van der Waals surface area contributed by atoms with E-state index in [2.05, 4.69) is 10.6 Å². The smallest absolute Gasteiger partial charge is 0.313 e. The molecule has 1 aromatic rings. The number of aryl methyl sites for hydroxylation is 2. The molecule has 8 heteroatoms. The highest BCUT2D eigenvalue weighted by Crippen LogP contribution is 2.17. The van der Waals surface area contributed by atoms with Crippen LogP contribution in [-0.2, 0) is 14.4 Å². The van der Waals surface area contributed by atoms with Crippen molar-refractivity contribution in [3.8, 4) is 0 Å². The first kappa shape index (κ1) is 17.0. The molecule has 1 fully saturated rings. The largest absolute Gasteiger partial charge is 0.346 e. The van der Waals surface area contributed by atoms with Crippen molar-refractivity contribution >= 4 is 40.4 Å². The topological polar surface area (TPSA) is 95.6 Å². The van der Waals surface area contributed by atoms with Crippen LogP contribution in [0.3, 0.4) is 0 Å². The molecule has 1 aromatic carbocycles. The lowest BCUT2D eigenvalue weighted by atomic mass is 10.1. The molecule has 0 aliphatic carbocycles. The number of carbonyl (C=O) groups excluding carboxylic acids is 4. The number of nitrogens with zero attached hydrogens (tertiary/aromatic N) is 1. The molecule has 1 aliphatic rings. The predicted molar refractivity (Wildman–Crippen MR) is 87.1 cm³/mol. The second kappa shape index (κ2) is 7.28. The SMILES string of the molecule is Cc1ccc(NC(=O)C(=O)NCCN2C(=O)CSC2=O)cc1C. The number of hydrogen-bond acceptors (Lipinski definition) is 5. The van der Waals surface area contributed by atoms with Crippen LogP contribution in [0.15, 0.2) is 18.2 Å². The maximum atomic E-state index is 11.8. The molecule has 0 spiro atoms. The number of imide groups is 1. The Bertz CT molecular complexity index is 659. The molecule has 1 saturated heterocycles. The molecular weight excluding hydrogens is 318 g/mol. The van der Waals surface area contributed by atoms with Crippen molar-refractivity contribution in [2.75, 3.05) is 24.2 Å². The summed E-state index contributed by atoms with van der Waals surface area (Å²) in [6, 6.07) is 5.34. The van der Waals surface area contributed by atoms with Gasteiger partial charge in [-0.05, 0) is 37.1 Å². The van der Waals surface area contributed by atoms with Crippen molar-refractivity contribution in [1.29, 1.82) is 0 Å². The van der Waals surface area contributed by atoms with Gasteiger partial charge < -0.3 is 10.6 Å². The summed E-state index contributed by atoms with van der Waals surface area (Å²) in [5.74, 6) is -1.76. The van der Waals surface area contributed by atoms with Crippen LogP contribution in [0.4, 0.5) is 10.5 Å². The van der Waals surface area contributed by atoms with E-state index in [4.69, 9.17) is 0 Å². The molecule has 0 atom stereocenters. The molecule has 1 aliphatic heterocycles. The number of amides is 4. The molecule has 0 aromatic heterocycles. The zero-order valence-electron chi connectivity index (χ0n) is 12.8. The van der Waals surface area contributed by atoms with Gasteiger partial charge in [-0.2, -0.15) is 0 Å². The van der Waals surface area contributed by atoms with Crippen molar-refractivity contribution < 1.29 is 19.2 Å². The lowest BCUT2D eigenvalue weighted by Gasteiger charge is -2.13. The van der Waals surface area contributed by atoms with E-state index in [-0.39, 0.29) is 30.0 Å². The first-order chi connectivity index (χ1) is 10.9. The highest BCUT2D eigenvalue weighted by Gasteiger charge is 2.29. The average molecular weight is 335 g/mol. The maximum Gasteiger partial charge on any atom is 0.313 e. The quantitative estimate of drug-likeness (QED) is 0.802. The van der Waals surface area contributed by atoms with Crippen molar-refractivity contribution in [2.45, 2.75) is 13.8 Å². The highest BCUT2D eigenvalue weighted by atomic mass is 32.2. The van der Waals surface area contributed by atoms with Gasteiger partial charge in [0.25, 0.3) is 5.24 Å².